The number of nitrogens with one attached hydrogen (secondary N) is 1. The van der Waals surface area contributed by atoms with Crippen LogP contribution in [0.3, 0.4) is 0 Å². The molecule has 1 aliphatic rings. The maximum Gasteiger partial charge on any atom is 0.347 e. The fourth-order valence-electron chi connectivity index (χ4n) is 3.26. The zero-order valence-electron chi connectivity index (χ0n) is 15.0. The highest BCUT2D eigenvalue weighted by atomic mass is 32.2. The lowest BCUT2D eigenvalue weighted by Crippen LogP contribution is -2.50. The van der Waals surface area contributed by atoms with Gasteiger partial charge in [0.1, 0.15) is 0 Å². The highest BCUT2D eigenvalue weighted by Crippen LogP contribution is 2.15. The summed E-state index contributed by atoms with van der Waals surface area (Å²) in [5, 5.41) is 6.15. The summed E-state index contributed by atoms with van der Waals surface area (Å²) in [7, 11) is -3.44. The Morgan fingerprint density at radius 1 is 1.04 bits per heavy atom. The molecule has 9 nitrogen and oxygen atoms in total. The fourth-order valence-corrected chi connectivity index (χ4v) is 4.78. The van der Waals surface area contributed by atoms with Crippen LogP contribution in [0.4, 0.5) is 0 Å². The van der Waals surface area contributed by atoms with E-state index in [1.54, 1.807) is 29.2 Å². The predicted molar refractivity (Wildman–Crippen MR) is 102 cm³/mol. The lowest BCUT2D eigenvalue weighted by atomic mass is 10.2. The Labute approximate surface area is 161 Å². The Morgan fingerprint density at radius 2 is 1.75 bits per heavy atom. The number of H-pyrrole nitrogens is 1. The second-order valence-electron chi connectivity index (χ2n) is 6.61. The first-order valence-electron chi connectivity index (χ1n) is 8.82. The third-order valence-corrected chi connectivity index (χ3v) is 6.62. The number of piperazine rings is 1. The van der Waals surface area contributed by atoms with Crippen LogP contribution in [-0.2, 0) is 15.8 Å². The molecule has 0 radical (unpaired) electrons. The van der Waals surface area contributed by atoms with Gasteiger partial charge in [0.15, 0.2) is 5.65 Å². The number of benzene rings is 1. The van der Waals surface area contributed by atoms with E-state index in [0.29, 0.717) is 24.3 Å². The summed E-state index contributed by atoms with van der Waals surface area (Å²) in [5.41, 5.74) is 1.11. The molecule has 4 rings (SSSR count). The standard InChI is InChI=1S/C18H19N5O4S/c24-17(15-6-7-16-19-20-18(25)23(16)12-15)21-8-10-22(11-9-21)28(26,27)13-14-4-2-1-3-5-14/h1-7,12H,8-11,13H2,(H,20,25). The monoisotopic (exact) mass is 401 g/mol. The van der Waals surface area contributed by atoms with E-state index in [0.717, 1.165) is 5.56 Å². The Morgan fingerprint density at radius 3 is 2.46 bits per heavy atom. The third kappa shape index (κ3) is 3.56. The maximum atomic E-state index is 12.7. The summed E-state index contributed by atoms with van der Waals surface area (Å²) in [5.74, 6) is -0.294. The molecule has 1 amide bonds. The van der Waals surface area contributed by atoms with Crippen molar-refractivity contribution in [2.45, 2.75) is 5.75 Å². The topological polar surface area (TPSA) is 108 Å². The fraction of sp³-hybridized carbons (Fsp3) is 0.278. The van der Waals surface area contributed by atoms with Crippen molar-refractivity contribution in [1.82, 2.24) is 23.8 Å². The van der Waals surface area contributed by atoms with E-state index in [-0.39, 0.29) is 24.7 Å². The highest BCUT2D eigenvalue weighted by Gasteiger charge is 2.29. The second kappa shape index (κ2) is 7.21. The Balaban J connectivity index is 1.43. The van der Waals surface area contributed by atoms with Crippen LogP contribution in [0.5, 0.6) is 0 Å². The minimum Gasteiger partial charge on any atom is -0.336 e. The molecule has 0 aliphatic carbocycles. The minimum atomic E-state index is -3.44. The summed E-state index contributed by atoms with van der Waals surface area (Å²) in [4.78, 5) is 26.0. The molecule has 0 spiro atoms. The molecule has 3 heterocycles. The van der Waals surface area contributed by atoms with Crippen LogP contribution < -0.4 is 5.69 Å². The number of sulfonamides is 1. The van der Waals surface area contributed by atoms with Crippen molar-refractivity contribution >= 4 is 21.6 Å². The molecule has 10 heteroatoms. The van der Waals surface area contributed by atoms with Crippen molar-refractivity contribution in [2.75, 3.05) is 26.2 Å². The van der Waals surface area contributed by atoms with Crippen LogP contribution in [0.25, 0.3) is 5.65 Å². The Hall–Kier alpha value is -2.98. The molecule has 0 atom stereocenters. The molecule has 1 fully saturated rings. The number of hydrogen-bond acceptors (Lipinski definition) is 5. The molecular weight excluding hydrogens is 382 g/mol. The van der Waals surface area contributed by atoms with E-state index >= 15 is 0 Å². The number of rotatable bonds is 4. The Kier molecular flexibility index (Phi) is 4.73. The number of carbonyl (C=O) groups is 1. The van der Waals surface area contributed by atoms with Crippen LogP contribution in [0.1, 0.15) is 15.9 Å². The lowest BCUT2D eigenvalue weighted by molar-refractivity contribution is 0.0697. The summed E-state index contributed by atoms with van der Waals surface area (Å²) >= 11 is 0. The van der Waals surface area contributed by atoms with Gasteiger partial charge in [-0.05, 0) is 17.7 Å². The Bertz CT molecular complexity index is 1160. The predicted octanol–water partition coefficient (Wildman–Crippen LogP) is 0.310. The number of hydrogen-bond donors (Lipinski definition) is 1. The van der Waals surface area contributed by atoms with E-state index in [4.69, 9.17) is 0 Å². The zero-order valence-corrected chi connectivity index (χ0v) is 15.8. The van der Waals surface area contributed by atoms with Crippen molar-refractivity contribution in [3.63, 3.8) is 0 Å². The highest BCUT2D eigenvalue weighted by molar-refractivity contribution is 7.88. The van der Waals surface area contributed by atoms with Crippen LogP contribution in [0, 0.1) is 0 Å². The lowest BCUT2D eigenvalue weighted by Gasteiger charge is -2.34. The normalized spacial score (nSPS) is 15.8. The van der Waals surface area contributed by atoms with E-state index in [9.17, 15) is 18.0 Å². The molecule has 1 aliphatic heterocycles. The van der Waals surface area contributed by atoms with E-state index in [1.807, 2.05) is 18.2 Å². The molecular formula is C18H19N5O4S. The molecule has 0 saturated carbocycles. The van der Waals surface area contributed by atoms with Gasteiger partial charge in [-0.3, -0.25) is 4.79 Å². The van der Waals surface area contributed by atoms with Crippen LogP contribution in [-0.4, -0.2) is 64.3 Å². The third-order valence-electron chi connectivity index (χ3n) is 4.77. The summed E-state index contributed by atoms with van der Waals surface area (Å²) in [6.45, 7) is 1.08. The van der Waals surface area contributed by atoms with Crippen molar-refractivity contribution in [1.29, 1.82) is 0 Å². The van der Waals surface area contributed by atoms with Gasteiger partial charge >= 0.3 is 5.69 Å². The average molecular weight is 401 g/mol. The first kappa shape index (κ1) is 18.4. The van der Waals surface area contributed by atoms with Crippen LogP contribution in [0.15, 0.2) is 53.5 Å². The number of amides is 1. The molecule has 1 saturated heterocycles. The van der Waals surface area contributed by atoms with E-state index < -0.39 is 15.7 Å². The summed E-state index contributed by atoms with van der Waals surface area (Å²) in [6.07, 6.45) is 1.45. The van der Waals surface area contributed by atoms with Gasteiger partial charge in [0, 0.05) is 32.4 Å². The second-order valence-corrected chi connectivity index (χ2v) is 8.58. The van der Waals surface area contributed by atoms with Gasteiger partial charge in [-0.2, -0.15) is 9.40 Å². The van der Waals surface area contributed by atoms with Gasteiger partial charge in [0.25, 0.3) is 5.91 Å². The number of aromatic nitrogens is 3. The van der Waals surface area contributed by atoms with E-state index in [2.05, 4.69) is 10.2 Å². The quantitative estimate of drug-likeness (QED) is 0.677. The van der Waals surface area contributed by atoms with Gasteiger partial charge in [0.2, 0.25) is 10.0 Å². The van der Waals surface area contributed by atoms with Crippen molar-refractivity contribution in [2.24, 2.45) is 0 Å². The molecule has 146 valence electrons. The summed E-state index contributed by atoms with van der Waals surface area (Å²) in [6, 6.07) is 12.2. The number of aromatic amines is 1. The number of pyridine rings is 1. The largest absolute Gasteiger partial charge is 0.347 e. The molecule has 1 aromatic carbocycles. The smallest absolute Gasteiger partial charge is 0.336 e. The van der Waals surface area contributed by atoms with Crippen molar-refractivity contribution in [3.8, 4) is 0 Å². The number of nitrogens with zero attached hydrogens (tertiary/aromatic N) is 4. The first-order chi connectivity index (χ1) is 13.4. The van der Waals surface area contributed by atoms with Crippen LogP contribution in [0.2, 0.25) is 0 Å². The minimum absolute atomic E-state index is 0.0537. The molecule has 0 bridgehead atoms. The number of fused-ring (bicyclic) bond motifs is 1. The zero-order chi connectivity index (χ0) is 19.7. The van der Waals surface area contributed by atoms with Gasteiger partial charge < -0.3 is 4.90 Å². The van der Waals surface area contributed by atoms with Crippen LogP contribution >= 0.6 is 0 Å². The van der Waals surface area contributed by atoms with Gasteiger partial charge in [-0.25, -0.2) is 22.7 Å². The van der Waals surface area contributed by atoms with E-state index in [1.165, 1.54) is 14.9 Å². The number of carbonyl (C=O) groups excluding carboxylic acids is 1. The van der Waals surface area contributed by atoms with Gasteiger partial charge in [-0.1, -0.05) is 30.3 Å². The molecule has 3 aromatic rings. The molecule has 2 aromatic heterocycles. The van der Waals surface area contributed by atoms with Gasteiger partial charge in [0.05, 0.1) is 11.3 Å². The molecule has 0 unspecified atom stereocenters. The summed E-state index contributed by atoms with van der Waals surface area (Å²) < 4.78 is 28.0. The molecule has 1 N–H and O–H groups in total. The SMILES string of the molecule is O=C(c1ccc2n[nH]c(=O)n2c1)N1CCN(S(=O)(=O)Cc2ccccc2)CC1. The first-order valence-corrected chi connectivity index (χ1v) is 10.4. The van der Waals surface area contributed by atoms with Crippen molar-refractivity contribution in [3.05, 3.63) is 70.3 Å². The molecule has 28 heavy (non-hydrogen) atoms. The maximum absolute atomic E-state index is 12.7. The average Bonchev–Trinajstić information content (AvgIpc) is 3.08. The van der Waals surface area contributed by atoms with Gasteiger partial charge in [-0.15, -0.1) is 0 Å². The van der Waals surface area contributed by atoms with Crippen molar-refractivity contribution < 1.29 is 13.2 Å².